The van der Waals surface area contributed by atoms with Crippen molar-refractivity contribution in [3.8, 4) is 5.75 Å². The Labute approximate surface area is 145 Å². The monoisotopic (exact) mass is 338 g/mol. The van der Waals surface area contributed by atoms with E-state index >= 15 is 0 Å². The maximum absolute atomic E-state index is 12.9. The van der Waals surface area contributed by atoms with Gasteiger partial charge < -0.3 is 15.4 Å². The number of halogens is 1. The summed E-state index contributed by atoms with van der Waals surface area (Å²) >= 11 is 0. The van der Waals surface area contributed by atoms with Crippen molar-refractivity contribution in [3.63, 3.8) is 0 Å². The number of rotatable bonds is 7. The van der Waals surface area contributed by atoms with Crippen LogP contribution in [0.15, 0.2) is 60.9 Å². The zero-order valence-electron chi connectivity index (χ0n) is 13.9. The molecule has 0 unspecified atom stereocenters. The maximum atomic E-state index is 12.9. The van der Waals surface area contributed by atoms with E-state index < -0.39 is 0 Å². The number of ether oxygens (including phenoxy) is 1. The first kappa shape index (κ1) is 16.7. The average molecular weight is 338 g/mol. The molecule has 1 aromatic heterocycles. The first-order valence-electron chi connectivity index (χ1n) is 8.04. The topological polar surface area (TPSA) is 59.1 Å². The predicted molar refractivity (Wildman–Crippen MR) is 96.7 cm³/mol. The second-order valence-electron chi connectivity index (χ2n) is 5.32. The fourth-order valence-electron chi connectivity index (χ4n) is 2.31. The van der Waals surface area contributed by atoms with Crippen molar-refractivity contribution < 1.29 is 9.13 Å². The molecule has 0 aliphatic carbocycles. The molecule has 0 saturated heterocycles. The van der Waals surface area contributed by atoms with Gasteiger partial charge in [-0.25, -0.2) is 14.4 Å². The Morgan fingerprint density at radius 3 is 2.56 bits per heavy atom. The summed E-state index contributed by atoms with van der Waals surface area (Å²) in [6.45, 7) is 3.08. The maximum Gasteiger partial charge on any atom is 0.142 e. The first-order valence-corrected chi connectivity index (χ1v) is 8.04. The van der Waals surface area contributed by atoms with Crippen LogP contribution in [0.3, 0.4) is 0 Å². The van der Waals surface area contributed by atoms with Gasteiger partial charge in [0.05, 0.1) is 12.3 Å². The van der Waals surface area contributed by atoms with Gasteiger partial charge in [0.25, 0.3) is 0 Å². The number of nitrogens with zero attached hydrogens (tertiary/aromatic N) is 2. The second kappa shape index (κ2) is 8.10. The predicted octanol–water partition coefficient (Wildman–Crippen LogP) is 4.37. The minimum absolute atomic E-state index is 0.245. The van der Waals surface area contributed by atoms with Crippen LogP contribution in [0.25, 0.3) is 0 Å². The number of anilines is 3. The summed E-state index contributed by atoms with van der Waals surface area (Å²) in [6, 6.07) is 15.8. The molecule has 0 aliphatic rings. The summed E-state index contributed by atoms with van der Waals surface area (Å²) in [6.07, 6.45) is 1.48. The molecule has 128 valence electrons. The molecule has 3 rings (SSSR count). The van der Waals surface area contributed by atoms with Crippen LogP contribution in [0, 0.1) is 5.82 Å². The van der Waals surface area contributed by atoms with E-state index in [4.69, 9.17) is 4.74 Å². The molecule has 1 heterocycles. The van der Waals surface area contributed by atoms with Crippen LogP contribution in [-0.2, 0) is 6.54 Å². The van der Waals surface area contributed by atoms with Crippen LogP contribution in [0.2, 0.25) is 0 Å². The van der Waals surface area contributed by atoms with E-state index in [1.165, 1.54) is 18.5 Å². The number of hydrogen-bond donors (Lipinski definition) is 2. The third-order valence-electron chi connectivity index (χ3n) is 3.50. The molecule has 6 heteroatoms. The summed E-state index contributed by atoms with van der Waals surface area (Å²) in [7, 11) is 0. The van der Waals surface area contributed by atoms with Crippen molar-refractivity contribution in [1.29, 1.82) is 0 Å². The van der Waals surface area contributed by atoms with Gasteiger partial charge in [0.1, 0.15) is 29.5 Å². The van der Waals surface area contributed by atoms with Gasteiger partial charge >= 0.3 is 0 Å². The average Bonchev–Trinajstić information content (AvgIpc) is 2.63. The summed E-state index contributed by atoms with van der Waals surface area (Å²) < 4.78 is 18.5. The Morgan fingerprint density at radius 2 is 1.76 bits per heavy atom. The van der Waals surface area contributed by atoms with Crippen LogP contribution < -0.4 is 15.4 Å². The molecule has 25 heavy (non-hydrogen) atoms. The highest BCUT2D eigenvalue weighted by Crippen LogP contribution is 2.27. The fourth-order valence-corrected chi connectivity index (χ4v) is 2.31. The highest BCUT2D eigenvalue weighted by molar-refractivity contribution is 5.65. The van der Waals surface area contributed by atoms with Crippen molar-refractivity contribution >= 4 is 17.3 Å². The van der Waals surface area contributed by atoms with E-state index in [0.717, 1.165) is 17.0 Å². The Bertz CT molecular complexity index is 824. The normalized spacial score (nSPS) is 10.3. The third kappa shape index (κ3) is 4.67. The van der Waals surface area contributed by atoms with E-state index in [0.29, 0.717) is 24.8 Å². The molecule has 2 aromatic carbocycles. The Hall–Kier alpha value is -3.15. The van der Waals surface area contributed by atoms with E-state index in [9.17, 15) is 4.39 Å². The lowest BCUT2D eigenvalue weighted by Gasteiger charge is -2.12. The number of para-hydroxylation sites is 2. The second-order valence-corrected chi connectivity index (χ2v) is 5.32. The number of benzene rings is 2. The van der Waals surface area contributed by atoms with E-state index in [1.54, 1.807) is 12.1 Å². The Balaban J connectivity index is 1.68. The molecule has 0 aliphatic heterocycles. The van der Waals surface area contributed by atoms with Gasteiger partial charge in [0, 0.05) is 12.6 Å². The SMILES string of the molecule is CCOc1ccccc1Nc1cc(NCc2ccc(F)cc2)ncn1. The van der Waals surface area contributed by atoms with E-state index in [2.05, 4.69) is 20.6 Å². The standard InChI is InChI=1S/C19H19FN4O/c1-2-25-17-6-4-3-5-16(17)24-19-11-18(22-13-23-19)21-12-14-7-9-15(20)10-8-14/h3-11,13H,2,12H2,1H3,(H2,21,22,23,24). The van der Waals surface area contributed by atoms with Crippen molar-refractivity contribution in [1.82, 2.24) is 9.97 Å². The lowest BCUT2D eigenvalue weighted by Crippen LogP contribution is -2.04. The highest BCUT2D eigenvalue weighted by atomic mass is 19.1. The van der Waals surface area contributed by atoms with Gasteiger partial charge in [-0.05, 0) is 36.8 Å². The summed E-state index contributed by atoms with van der Waals surface area (Å²) in [4.78, 5) is 8.44. The number of nitrogens with one attached hydrogen (secondary N) is 2. The molecule has 0 fully saturated rings. The third-order valence-corrected chi connectivity index (χ3v) is 3.50. The number of hydrogen-bond acceptors (Lipinski definition) is 5. The van der Waals surface area contributed by atoms with Gasteiger partial charge in [0.15, 0.2) is 0 Å². The quantitative estimate of drug-likeness (QED) is 0.670. The molecule has 0 amide bonds. The molecule has 0 spiro atoms. The van der Waals surface area contributed by atoms with Gasteiger partial charge in [0.2, 0.25) is 0 Å². The molecule has 0 radical (unpaired) electrons. The summed E-state index contributed by atoms with van der Waals surface area (Å²) in [5.74, 6) is 1.86. The minimum Gasteiger partial charge on any atom is -0.492 e. The van der Waals surface area contributed by atoms with Crippen LogP contribution in [0.5, 0.6) is 5.75 Å². The van der Waals surface area contributed by atoms with Crippen molar-refractivity contribution in [3.05, 3.63) is 72.3 Å². The van der Waals surface area contributed by atoms with E-state index in [1.807, 2.05) is 37.3 Å². The largest absolute Gasteiger partial charge is 0.492 e. The molecule has 3 aromatic rings. The van der Waals surface area contributed by atoms with Crippen LogP contribution in [-0.4, -0.2) is 16.6 Å². The molecule has 5 nitrogen and oxygen atoms in total. The van der Waals surface area contributed by atoms with Crippen LogP contribution in [0.1, 0.15) is 12.5 Å². The highest BCUT2D eigenvalue weighted by Gasteiger charge is 2.05. The van der Waals surface area contributed by atoms with Gasteiger partial charge in [-0.3, -0.25) is 0 Å². The fraction of sp³-hybridized carbons (Fsp3) is 0.158. The lowest BCUT2D eigenvalue weighted by atomic mass is 10.2. The zero-order chi connectivity index (χ0) is 17.5. The first-order chi connectivity index (χ1) is 12.2. The summed E-state index contributed by atoms with van der Waals surface area (Å²) in [5, 5.41) is 6.44. The van der Waals surface area contributed by atoms with E-state index in [-0.39, 0.29) is 5.82 Å². The van der Waals surface area contributed by atoms with Gasteiger partial charge in [-0.15, -0.1) is 0 Å². The molecule has 2 N–H and O–H groups in total. The number of aromatic nitrogens is 2. The van der Waals surface area contributed by atoms with Crippen LogP contribution in [0.4, 0.5) is 21.7 Å². The van der Waals surface area contributed by atoms with Crippen molar-refractivity contribution in [2.24, 2.45) is 0 Å². The van der Waals surface area contributed by atoms with Crippen molar-refractivity contribution in [2.45, 2.75) is 13.5 Å². The summed E-state index contributed by atoms with van der Waals surface area (Å²) in [5.41, 5.74) is 1.81. The molecular weight excluding hydrogens is 319 g/mol. The van der Waals surface area contributed by atoms with Gasteiger partial charge in [-0.1, -0.05) is 24.3 Å². The Morgan fingerprint density at radius 1 is 1.00 bits per heavy atom. The minimum atomic E-state index is -0.245. The Kier molecular flexibility index (Phi) is 5.41. The molecular formula is C19H19FN4O. The zero-order valence-corrected chi connectivity index (χ0v) is 13.9. The van der Waals surface area contributed by atoms with Gasteiger partial charge in [-0.2, -0.15) is 0 Å². The van der Waals surface area contributed by atoms with Crippen LogP contribution >= 0.6 is 0 Å². The van der Waals surface area contributed by atoms with Crippen molar-refractivity contribution in [2.75, 3.05) is 17.2 Å². The molecule has 0 bridgehead atoms. The molecule has 0 saturated carbocycles. The lowest BCUT2D eigenvalue weighted by molar-refractivity contribution is 0.342. The smallest absolute Gasteiger partial charge is 0.142 e. The molecule has 0 atom stereocenters.